The molecule has 0 fully saturated rings. The molecule has 0 amide bonds. The number of hydrogen-bond acceptors (Lipinski definition) is 0. The third-order valence-electron chi connectivity index (χ3n) is 4.04. The Morgan fingerprint density at radius 3 is 1.68 bits per heavy atom. The summed E-state index contributed by atoms with van der Waals surface area (Å²) >= 11 is 6.99. The van der Waals surface area contributed by atoms with E-state index < -0.39 is 0 Å². The molecule has 2 rings (SSSR count). The van der Waals surface area contributed by atoms with Gasteiger partial charge in [-0.1, -0.05) is 76.9 Å². The third kappa shape index (κ3) is 3.29. The third-order valence-corrected chi connectivity index (χ3v) is 5.10. The molecule has 0 aromatic heterocycles. The molecule has 0 heterocycles. The summed E-state index contributed by atoms with van der Waals surface area (Å²) in [5, 5.41) is 0. The van der Waals surface area contributed by atoms with Gasteiger partial charge in [0.1, 0.15) is 0 Å². The SMILES string of the molecule is CC(c1ccc(Br)cc1)C(C)(C)c1ccc(Br)cc1. The van der Waals surface area contributed by atoms with Gasteiger partial charge in [0, 0.05) is 8.95 Å². The lowest BCUT2D eigenvalue weighted by Crippen LogP contribution is -2.24. The quantitative estimate of drug-likeness (QED) is 0.585. The average molecular weight is 382 g/mol. The maximum absolute atomic E-state index is 3.50. The fourth-order valence-electron chi connectivity index (χ4n) is 2.30. The second-order valence-electron chi connectivity index (χ2n) is 5.50. The zero-order valence-corrected chi connectivity index (χ0v) is 14.6. The van der Waals surface area contributed by atoms with E-state index in [1.54, 1.807) is 0 Å². The Balaban J connectivity index is 2.32. The first-order valence-corrected chi connectivity index (χ1v) is 8.01. The van der Waals surface area contributed by atoms with Crippen molar-refractivity contribution in [3.63, 3.8) is 0 Å². The molecule has 0 bridgehead atoms. The van der Waals surface area contributed by atoms with Crippen molar-refractivity contribution < 1.29 is 0 Å². The summed E-state index contributed by atoms with van der Waals surface area (Å²) in [6.45, 7) is 6.91. The minimum atomic E-state index is 0.106. The zero-order chi connectivity index (χ0) is 14.0. The summed E-state index contributed by atoms with van der Waals surface area (Å²) in [6.07, 6.45) is 0. The fourth-order valence-corrected chi connectivity index (χ4v) is 2.83. The topological polar surface area (TPSA) is 0 Å². The lowest BCUT2D eigenvalue weighted by molar-refractivity contribution is 0.436. The van der Waals surface area contributed by atoms with Gasteiger partial charge in [-0.05, 0) is 46.7 Å². The highest BCUT2D eigenvalue weighted by molar-refractivity contribution is 9.10. The second-order valence-corrected chi connectivity index (χ2v) is 7.33. The highest BCUT2D eigenvalue weighted by atomic mass is 79.9. The molecule has 2 aromatic carbocycles. The molecule has 0 nitrogen and oxygen atoms in total. The molecule has 2 heteroatoms. The van der Waals surface area contributed by atoms with Crippen molar-refractivity contribution in [3.05, 3.63) is 68.6 Å². The monoisotopic (exact) mass is 380 g/mol. The molecular weight excluding hydrogens is 364 g/mol. The van der Waals surface area contributed by atoms with Gasteiger partial charge >= 0.3 is 0 Å². The van der Waals surface area contributed by atoms with Gasteiger partial charge in [-0.3, -0.25) is 0 Å². The van der Waals surface area contributed by atoms with Crippen LogP contribution in [0.15, 0.2) is 57.5 Å². The number of hydrogen-bond donors (Lipinski definition) is 0. The number of benzene rings is 2. The highest BCUT2D eigenvalue weighted by Gasteiger charge is 2.28. The van der Waals surface area contributed by atoms with Crippen LogP contribution < -0.4 is 0 Å². The molecule has 0 saturated heterocycles. The molecule has 0 radical (unpaired) electrons. The molecule has 0 aliphatic carbocycles. The van der Waals surface area contributed by atoms with Crippen LogP contribution in [0.25, 0.3) is 0 Å². The summed E-state index contributed by atoms with van der Waals surface area (Å²) in [4.78, 5) is 0. The predicted molar refractivity (Wildman–Crippen MR) is 89.7 cm³/mol. The fraction of sp³-hybridized carbons (Fsp3) is 0.294. The molecule has 0 aliphatic heterocycles. The summed E-state index contributed by atoms with van der Waals surface area (Å²) < 4.78 is 2.26. The molecule has 1 unspecified atom stereocenters. The van der Waals surface area contributed by atoms with E-state index in [9.17, 15) is 0 Å². The van der Waals surface area contributed by atoms with Crippen molar-refractivity contribution in [1.82, 2.24) is 0 Å². The van der Waals surface area contributed by atoms with Crippen molar-refractivity contribution in [1.29, 1.82) is 0 Å². The van der Waals surface area contributed by atoms with E-state index in [1.165, 1.54) is 11.1 Å². The van der Waals surface area contributed by atoms with Crippen LogP contribution in [0.5, 0.6) is 0 Å². The van der Waals surface area contributed by atoms with E-state index in [0.29, 0.717) is 5.92 Å². The smallest absolute Gasteiger partial charge is 0.0175 e. The lowest BCUT2D eigenvalue weighted by Gasteiger charge is -2.33. The van der Waals surface area contributed by atoms with E-state index in [4.69, 9.17) is 0 Å². The van der Waals surface area contributed by atoms with Gasteiger partial charge < -0.3 is 0 Å². The first-order chi connectivity index (χ1) is 8.91. The van der Waals surface area contributed by atoms with Crippen LogP contribution in [-0.4, -0.2) is 0 Å². The van der Waals surface area contributed by atoms with Crippen molar-refractivity contribution in [3.8, 4) is 0 Å². The highest BCUT2D eigenvalue weighted by Crippen LogP contribution is 2.38. The van der Waals surface area contributed by atoms with E-state index in [1.807, 2.05) is 0 Å². The first kappa shape index (κ1) is 14.8. The molecule has 0 saturated carbocycles. The first-order valence-electron chi connectivity index (χ1n) is 6.43. The van der Waals surface area contributed by atoms with E-state index in [2.05, 4.69) is 101 Å². The minimum absolute atomic E-state index is 0.106. The lowest BCUT2D eigenvalue weighted by atomic mass is 9.71. The van der Waals surface area contributed by atoms with Gasteiger partial charge in [0.15, 0.2) is 0 Å². The molecule has 1 atom stereocenters. The van der Waals surface area contributed by atoms with Crippen LogP contribution in [-0.2, 0) is 5.41 Å². The Morgan fingerprint density at radius 1 is 0.789 bits per heavy atom. The molecule has 0 aliphatic rings. The largest absolute Gasteiger partial charge is 0.0576 e. The molecule has 19 heavy (non-hydrogen) atoms. The number of rotatable bonds is 3. The van der Waals surface area contributed by atoms with Crippen LogP contribution >= 0.6 is 31.9 Å². The van der Waals surface area contributed by atoms with Crippen molar-refractivity contribution in [2.75, 3.05) is 0 Å². The number of halogens is 2. The van der Waals surface area contributed by atoms with Gasteiger partial charge in [-0.15, -0.1) is 0 Å². The van der Waals surface area contributed by atoms with Crippen LogP contribution in [0, 0.1) is 0 Å². The predicted octanol–water partition coefficient (Wildman–Crippen LogP) is 6.29. The molecule has 0 N–H and O–H groups in total. The summed E-state index contributed by atoms with van der Waals surface area (Å²) in [7, 11) is 0. The van der Waals surface area contributed by atoms with Crippen molar-refractivity contribution >= 4 is 31.9 Å². The van der Waals surface area contributed by atoms with Gasteiger partial charge in [-0.2, -0.15) is 0 Å². The van der Waals surface area contributed by atoms with Gasteiger partial charge in [0.25, 0.3) is 0 Å². The van der Waals surface area contributed by atoms with Crippen LogP contribution in [0.3, 0.4) is 0 Å². The molecule has 2 aromatic rings. The zero-order valence-electron chi connectivity index (χ0n) is 11.5. The van der Waals surface area contributed by atoms with E-state index in [0.717, 1.165) is 8.95 Å². The van der Waals surface area contributed by atoms with Crippen molar-refractivity contribution in [2.24, 2.45) is 0 Å². The maximum atomic E-state index is 3.50. The Morgan fingerprint density at radius 2 is 1.21 bits per heavy atom. The Bertz CT molecular complexity index is 538. The maximum Gasteiger partial charge on any atom is 0.0175 e. The van der Waals surface area contributed by atoms with Gasteiger partial charge in [-0.25, -0.2) is 0 Å². The summed E-state index contributed by atoms with van der Waals surface area (Å²) in [5.74, 6) is 0.460. The summed E-state index contributed by atoms with van der Waals surface area (Å²) in [6, 6.07) is 17.3. The van der Waals surface area contributed by atoms with Crippen molar-refractivity contribution in [2.45, 2.75) is 32.1 Å². The van der Waals surface area contributed by atoms with Crippen LogP contribution in [0.1, 0.15) is 37.8 Å². The Hall–Kier alpha value is -0.600. The van der Waals surface area contributed by atoms with Gasteiger partial charge in [0.05, 0.1) is 0 Å². The molecule has 100 valence electrons. The average Bonchev–Trinajstić information content (AvgIpc) is 2.39. The van der Waals surface area contributed by atoms with Crippen LogP contribution in [0.4, 0.5) is 0 Å². The molecular formula is C17H18Br2. The van der Waals surface area contributed by atoms with E-state index in [-0.39, 0.29) is 5.41 Å². The standard InChI is InChI=1S/C17H18Br2/c1-12(13-4-8-15(18)9-5-13)17(2,3)14-6-10-16(19)11-7-14/h4-12H,1-3H3. The summed E-state index contributed by atoms with van der Waals surface area (Å²) in [5.41, 5.74) is 2.84. The van der Waals surface area contributed by atoms with E-state index >= 15 is 0 Å². The Labute approximate surface area is 132 Å². The van der Waals surface area contributed by atoms with Crippen LogP contribution in [0.2, 0.25) is 0 Å². The normalized spacial score (nSPS) is 13.3. The van der Waals surface area contributed by atoms with Gasteiger partial charge in [0.2, 0.25) is 0 Å². The Kier molecular flexibility index (Phi) is 4.52. The minimum Gasteiger partial charge on any atom is -0.0576 e. The second kappa shape index (κ2) is 5.80. The molecule has 0 spiro atoms.